The summed E-state index contributed by atoms with van der Waals surface area (Å²) in [6.07, 6.45) is 3.24. The third-order valence-corrected chi connectivity index (χ3v) is 3.78. The molecule has 0 bridgehead atoms. The molecule has 0 amide bonds. The number of rotatable bonds is 3. The van der Waals surface area contributed by atoms with Gasteiger partial charge in [0.2, 0.25) is 0 Å². The van der Waals surface area contributed by atoms with Gasteiger partial charge in [0.1, 0.15) is 18.0 Å². The van der Waals surface area contributed by atoms with E-state index in [0.717, 1.165) is 16.9 Å². The number of aromatic nitrogens is 4. The summed E-state index contributed by atoms with van der Waals surface area (Å²) in [6, 6.07) is 6.64. The van der Waals surface area contributed by atoms with Crippen molar-refractivity contribution < 1.29 is 4.39 Å². The molecule has 0 aliphatic carbocycles. The second-order valence-corrected chi connectivity index (χ2v) is 5.01. The number of nitrogens with zero attached hydrogens (tertiary/aromatic N) is 5. The normalized spacial score (nSPS) is 12.6. The Morgan fingerprint density at radius 3 is 2.76 bits per heavy atom. The van der Waals surface area contributed by atoms with Gasteiger partial charge in [-0.05, 0) is 13.0 Å². The lowest BCUT2D eigenvalue weighted by molar-refractivity contribution is 0.584. The van der Waals surface area contributed by atoms with Gasteiger partial charge >= 0.3 is 0 Å². The Bertz CT molecular complexity index is 783. The highest BCUT2D eigenvalue weighted by atomic mass is 19.1. The predicted molar refractivity (Wildman–Crippen MR) is 79.5 cm³/mol. The molecule has 0 N–H and O–H groups in total. The lowest BCUT2D eigenvalue weighted by Gasteiger charge is -2.26. The average Bonchev–Trinajstić information content (AvgIpc) is 2.88. The van der Waals surface area contributed by atoms with Crippen LogP contribution in [0.3, 0.4) is 0 Å². The van der Waals surface area contributed by atoms with Crippen LogP contribution in [0.1, 0.15) is 18.5 Å². The second kappa shape index (κ2) is 5.12. The summed E-state index contributed by atoms with van der Waals surface area (Å²) in [7, 11) is 3.73. The van der Waals surface area contributed by atoms with Gasteiger partial charge in [-0.25, -0.2) is 14.4 Å². The molecular weight excluding hydrogens is 269 g/mol. The standard InChI is InChI=1S/C15H16FN5/c1-10(11-6-4-5-7-13(11)16)20(2)14-12-8-19-21(3)15(12)18-9-17-14/h4-10H,1-3H3. The highest BCUT2D eigenvalue weighted by Crippen LogP contribution is 2.29. The molecule has 0 radical (unpaired) electrons. The number of benzene rings is 1. The van der Waals surface area contributed by atoms with Crippen LogP contribution in [0.4, 0.5) is 10.2 Å². The van der Waals surface area contributed by atoms with E-state index in [1.165, 1.54) is 12.4 Å². The number of anilines is 1. The zero-order chi connectivity index (χ0) is 15.0. The maximum absolute atomic E-state index is 14.0. The van der Waals surface area contributed by atoms with Crippen LogP contribution < -0.4 is 4.90 Å². The van der Waals surface area contributed by atoms with E-state index in [1.54, 1.807) is 23.0 Å². The van der Waals surface area contributed by atoms with E-state index < -0.39 is 0 Å². The topological polar surface area (TPSA) is 46.8 Å². The zero-order valence-corrected chi connectivity index (χ0v) is 12.2. The first-order chi connectivity index (χ1) is 10.1. The molecule has 108 valence electrons. The van der Waals surface area contributed by atoms with Crippen LogP contribution in [0, 0.1) is 5.82 Å². The Labute approximate surface area is 122 Å². The molecule has 1 unspecified atom stereocenters. The Hall–Kier alpha value is -2.50. The average molecular weight is 285 g/mol. The molecule has 2 heterocycles. The van der Waals surface area contributed by atoms with Gasteiger partial charge in [-0.1, -0.05) is 18.2 Å². The van der Waals surface area contributed by atoms with E-state index in [4.69, 9.17) is 0 Å². The highest BCUT2D eigenvalue weighted by Gasteiger charge is 2.19. The largest absolute Gasteiger partial charge is 0.352 e. The van der Waals surface area contributed by atoms with Crippen molar-refractivity contribution in [2.24, 2.45) is 7.05 Å². The number of aryl methyl sites for hydroxylation is 1. The van der Waals surface area contributed by atoms with Gasteiger partial charge in [0.25, 0.3) is 0 Å². The third-order valence-electron chi connectivity index (χ3n) is 3.78. The summed E-state index contributed by atoms with van der Waals surface area (Å²) < 4.78 is 15.7. The van der Waals surface area contributed by atoms with Crippen LogP contribution >= 0.6 is 0 Å². The lowest BCUT2D eigenvalue weighted by Crippen LogP contribution is -2.23. The van der Waals surface area contributed by atoms with Crippen molar-refractivity contribution in [3.8, 4) is 0 Å². The van der Waals surface area contributed by atoms with E-state index in [-0.39, 0.29) is 11.9 Å². The third kappa shape index (κ3) is 2.22. The van der Waals surface area contributed by atoms with Crippen molar-refractivity contribution in [3.63, 3.8) is 0 Å². The minimum absolute atomic E-state index is 0.149. The Morgan fingerprint density at radius 1 is 1.24 bits per heavy atom. The van der Waals surface area contributed by atoms with Crippen LogP contribution in [0.2, 0.25) is 0 Å². The first kappa shape index (κ1) is 13.5. The molecule has 3 aromatic rings. The summed E-state index contributed by atoms with van der Waals surface area (Å²) in [5.41, 5.74) is 1.39. The zero-order valence-electron chi connectivity index (χ0n) is 12.2. The van der Waals surface area contributed by atoms with Crippen LogP contribution in [0.25, 0.3) is 11.0 Å². The minimum atomic E-state index is -0.215. The quantitative estimate of drug-likeness (QED) is 0.742. The van der Waals surface area contributed by atoms with Crippen molar-refractivity contribution in [3.05, 3.63) is 48.2 Å². The maximum Gasteiger partial charge on any atom is 0.163 e. The summed E-state index contributed by atoms with van der Waals surface area (Å²) in [5, 5.41) is 5.05. The number of hydrogen-bond donors (Lipinski definition) is 0. The lowest BCUT2D eigenvalue weighted by atomic mass is 10.1. The molecule has 3 rings (SSSR count). The van der Waals surface area contributed by atoms with Gasteiger partial charge < -0.3 is 4.90 Å². The van der Waals surface area contributed by atoms with Crippen LogP contribution in [0.15, 0.2) is 36.8 Å². The molecule has 5 nitrogen and oxygen atoms in total. The van der Waals surface area contributed by atoms with E-state index in [9.17, 15) is 4.39 Å². The van der Waals surface area contributed by atoms with Gasteiger partial charge in [-0.3, -0.25) is 4.68 Å². The first-order valence-electron chi connectivity index (χ1n) is 6.69. The van der Waals surface area contributed by atoms with Gasteiger partial charge in [-0.2, -0.15) is 5.10 Å². The van der Waals surface area contributed by atoms with E-state index in [1.807, 2.05) is 32.0 Å². The highest BCUT2D eigenvalue weighted by molar-refractivity contribution is 5.86. The molecule has 2 aromatic heterocycles. The number of hydrogen-bond acceptors (Lipinski definition) is 4. The van der Waals surface area contributed by atoms with Gasteiger partial charge in [0.15, 0.2) is 5.65 Å². The Kier molecular flexibility index (Phi) is 3.29. The van der Waals surface area contributed by atoms with Gasteiger partial charge in [0, 0.05) is 19.7 Å². The molecule has 6 heteroatoms. The van der Waals surface area contributed by atoms with E-state index >= 15 is 0 Å². The summed E-state index contributed by atoms with van der Waals surface area (Å²) in [5.74, 6) is 0.525. The van der Waals surface area contributed by atoms with Gasteiger partial charge in [0.05, 0.1) is 17.6 Å². The molecule has 0 aliphatic heterocycles. The molecule has 0 spiro atoms. The molecular formula is C15H16FN5. The molecule has 0 aliphatic rings. The molecule has 1 atom stereocenters. The molecule has 0 saturated carbocycles. The minimum Gasteiger partial charge on any atom is -0.352 e. The van der Waals surface area contributed by atoms with Crippen LogP contribution in [-0.2, 0) is 7.05 Å². The Morgan fingerprint density at radius 2 is 2.00 bits per heavy atom. The molecule has 1 aromatic carbocycles. The molecule has 0 saturated heterocycles. The maximum atomic E-state index is 14.0. The van der Waals surface area contributed by atoms with Gasteiger partial charge in [-0.15, -0.1) is 0 Å². The first-order valence-corrected chi connectivity index (χ1v) is 6.69. The smallest absolute Gasteiger partial charge is 0.163 e. The summed E-state index contributed by atoms with van der Waals surface area (Å²) >= 11 is 0. The SMILES string of the molecule is CC(c1ccccc1F)N(C)c1ncnc2c1cnn2C. The summed E-state index contributed by atoms with van der Waals surface area (Å²) in [4.78, 5) is 10.5. The molecule has 21 heavy (non-hydrogen) atoms. The fourth-order valence-electron chi connectivity index (χ4n) is 2.44. The Balaban J connectivity index is 2.04. The van der Waals surface area contributed by atoms with Crippen molar-refractivity contribution >= 4 is 16.9 Å². The number of fused-ring (bicyclic) bond motifs is 1. The van der Waals surface area contributed by atoms with Crippen LogP contribution in [-0.4, -0.2) is 26.8 Å². The van der Waals surface area contributed by atoms with E-state index in [2.05, 4.69) is 15.1 Å². The van der Waals surface area contributed by atoms with Crippen LogP contribution in [0.5, 0.6) is 0 Å². The predicted octanol–water partition coefficient (Wildman–Crippen LogP) is 2.70. The second-order valence-electron chi connectivity index (χ2n) is 5.01. The fraction of sp³-hybridized carbons (Fsp3) is 0.267. The van der Waals surface area contributed by atoms with Crippen molar-refractivity contribution in [1.82, 2.24) is 19.7 Å². The molecule has 0 fully saturated rings. The van der Waals surface area contributed by atoms with Crippen molar-refractivity contribution in [2.45, 2.75) is 13.0 Å². The van der Waals surface area contributed by atoms with Crippen molar-refractivity contribution in [2.75, 3.05) is 11.9 Å². The van der Waals surface area contributed by atoms with Crippen molar-refractivity contribution in [1.29, 1.82) is 0 Å². The summed E-state index contributed by atoms with van der Waals surface area (Å²) in [6.45, 7) is 1.95. The fourth-order valence-corrected chi connectivity index (χ4v) is 2.44. The monoisotopic (exact) mass is 285 g/mol. The van der Waals surface area contributed by atoms with E-state index in [0.29, 0.717) is 5.56 Å². The number of halogens is 1.